The molecule has 184 valence electrons. The molecule has 0 bridgehead atoms. The summed E-state index contributed by atoms with van der Waals surface area (Å²) in [5.74, 6) is 2.07. The third kappa shape index (κ3) is 5.93. The molecule has 5 nitrogen and oxygen atoms in total. The molecule has 0 saturated carbocycles. The smallest absolute Gasteiger partial charge is 0.259 e. The molecule has 0 spiro atoms. The summed E-state index contributed by atoms with van der Waals surface area (Å²) in [5.41, 5.74) is 3.80. The van der Waals surface area contributed by atoms with Gasteiger partial charge in [0.15, 0.2) is 0 Å². The van der Waals surface area contributed by atoms with Crippen LogP contribution in [0.25, 0.3) is 0 Å². The largest absolute Gasteiger partial charge is 0.497 e. The maximum Gasteiger partial charge on any atom is 0.259 e. The van der Waals surface area contributed by atoms with E-state index in [0.29, 0.717) is 18.1 Å². The molecular formula is C29H34N2O3S. The number of thiophene rings is 1. The van der Waals surface area contributed by atoms with Gasteiger partial charge in [0.05, 0.1) is 19.3 Å². The van der Waals surface area contributed by atoms with Crippen LogP contribution < -0.4 is 14.8 Å². The van der Waals surface area contributed by atoms with E-state index in [-0.39, 0.29) is 11.3 Å². The molecule has 1 unspecified atom stereocenters. The molecule has 0 fully saturated rings. The molecular weight excluding hydrogens is 456 g/mol. The number of hydrogen-bond acceptors (Lipinski definition) is 5. The van der Waals surface area contributed by atoms with E-state index >= 15 is 0 Å². The zero-order valence-electron chi connectivity index (χ0n) is 21.2. The second kappa shape index (κ2) is 10.6. The monoisotopic (exact) mass is 490 g/mol. The molecule has 0 aliphatic heterocycles. The first-order valence-electron chi connectivity index (χ1n) is 12.2. The van der Waals surface area contributed by atoms with Gasteiger partial charge in [0.25, 0.3) is 5.91 Å². The molecule has 1 heterocycles. The highest BCUT2D eigenvalue weighted by Crippen LogP contribution is 2.45. The van der Waals surface area contributed by atoms with E-state index in [2.05, 4.69) is 26.1 Å². The minimum Gasteiger partial charge on any atom is -0.497 e. The van der Waals surface area contributed by atoms with Gasteiger partial charge in [0.2, 0.25) is 0 Å². The molecule has 0 saturated heterocycles. The van der Waals surface area contributed by atoms with E-state index < -0.39 is 0 Å². The van der Waals surface area contributed by atoms with Crippen LogP contribution >= 0.6 is 11.3 Å². The van der Waals surface area contributed by atoms with Gasteiger partial charge in [-0.3, -0.25) is 4.79 Å². The molecule has 0 radical (unpaired) electrons. The number of methoxy groups -OCH3 is 1. The maximum atomic E-state index is 13.5. The highest BCUT2D eigenvalue weighted by Gasteiger charge is 2.33. The van der Waals surface area contributed by atoms with Gasteiger partial charge in [0.1, 0.15) is 16.5 Å². The Labute approximate surface area is 212 Å². The van der Waals surface area contributed by atoms with E-state index in [0.717, 1.165) is 52.6 Å². The molecule has 35 heavy (non-hydrogen) atoms. The van der Waals surface area contributed by atoms with E-state index in [1.165, 1.54) is 4.88 Å². The van der Waals surface area contributed by atoms with Crippen molar-refractivity contribution in [2.45, 2.75) is 47.0 Å². The predicted molar refractivity (Wildman–Crippen MR) is 145 cm³/mol. The van der Waals surface area contributed by atoms with E-state index in [1.54, 1.807) is 18.4 Å². The van der Waals surface area contributed by atoms with Crippen LogP contribution in [-0.2, 0) is 12.8 Å². The van der Waals surface area contributed by atoms with Crippen LogP contribution in [0.5, 0.6) is 11.5 Å². The van der Waals surface area contributed by atoms with Crippen LogP contribution in [-0.4, -0.2) is 25.8 Å². The Morgan fingerprint density at radius 3 is 2.43 bits per heavy atom. The van der Waals surface area contributed by atoms with E-state index in [4.69, 9.17) is 14.5 Å². The van der Waals surface area contributed by atoms with Gasteiger partial charge in [-0.2, -0.15) is 0 Å². The lowest BCUT2D eigenvalue weighted by molar-refractivity contribution is 0.102. The Kier molecular flexibility index (Phi) is 7.60. The third-order valence-corrected chi connectivity index (χ3v) is 7.73. The zero-order chi connectivity index (χ0) is 25.0. The molecule has 1 aliphatic rings. The minimum absolute atomic E-state index is 0.109. The topological polar surface area (TPSA) is 59.9 Å². The number of ether oxygens (including phenoxy) is 2. The average Bonchev–Trinajstić information content (AvgIpc) is 3.21. The summed E-state index contributed by atoms with van der Waals surface area (Å²) in [6.07, 6.45) is 4.80. The van der Waals surface area contributed by atoms with Crippen LogP contribution in [0, 0.1) is 11.3 Å². The third-order valence-electron chi connectivity index (χ3n) is 6.57. The summed E-state index contributed by atoms with van der Waals surface area (Å²) in [4.78, 5) is 19.6. The van der Waals surface area contributed by atoms with Crippen LogP contribution in [0.2, 0.25) is 0 Å². The standard InChI is InChI=1S/C29H34N2O3S/c1-6-34-23-14-10-21(11-15-23)31-27(32)26-24-16-9-20(29(2,3)4)17-25(24)35-28(26)30-18-19-7-12-22(33-5)13-8-19/h7-8,10-15,18,20H,6,9,16-17H2,1-5H3,(H,31,32)/b30-18+. The number of benzene rings is 2. The fourth-order valence-corrected chi connectivity index (χ4v) is 5.72. The molecule has 6 heteroatoms. The van der Waals surface area contributed by atoms with Crippen LogP contribution in [0.4, 0.5) is 10.7 Å². The molecule has 1 N–H and O–H groups in total. The van der Waals surface area contributed by atoms with Gasteiger partial charge < -0.3 is 14.8 Å². The number of hydrogen-bond donors (Lipinski definition) is 1. The minimum atomic E-state index is -0.109. The lowest BCUT2D eigenvalue weighted by Crippen LogP contribution is -2.27. The Hall–Kier alpha value is -3.12. The van der Waals surface area contributed by atoms with Crippen molar-refractivity contribution >= 4 is 34.1 Å². The molecule has 2 aromatic carbocycles. The Morgan fingerprint density at radius 2 is 1.80 bits per heavy atom. The molecule has 1 atom stereocenters. The number of aliphatic imine (C=N–C) groups is 1. The predicted octanol–water partition coefficient (Wildman–Crippen LogP) is 7.31. The molecule has 3 aromatic rings. The number of nitrogens with zero attached hydrogens (tertiary/aromatic N) is 1. The summed E-state index contributed by atoms with van der Waals surface area (Å²) in [6, 6.07) is 15.2. The Bertz CT molecular complexity index is 1190. The van der Waals surface area contributed by atoms with Crippen molar-refractivity contribution in [3.8, 4) is 11.5 Å². The van der Waals surface area contributed by atoms with Gasteiger partial charge in [0, 0.05) is 16.8 Å². The Balaban J connectivity index is 1.64. The summed E-state index contributed by atoms with van der Waals surface area (Å²) < 4.78 is 10.8. The summed E-state index contributed by atoms with van der Waals surface area (Å²) in [7, 11) is 1.65. The van der Waals surface area contributed by atoms with Gasteiger partial charge in [-0.25, -0.2) is 4.99 Å². The van der Waals surface area contributed by atoms with Crippen LogP contribution in [0.1, 0.15) is 60.5 Å². The first-order valence-corrected chi connectivity index (χ1v) is 13.0. The van der Waals surface area contributed by atoms with Gasteiger partial charge in [-0.15, -0.1) is 11.3 Å². The van der Waals surface area contributed by atoms with Crippen molar-refractivity contribution in [2.24, 2.45) is 16.3 Å². The van der Waals surface area contributed by atoms with Crippen molar-refractivity contribution in [1.29, 1.82) is 0 Å². The molecule has 4 rings (SSSR count). The van der Waals surface area contributed by atoms with Crippen molar-refractivity contribution in [2.75, 3.05) is 19.0 Å². The van der Waals surface area contributed by atoms with Crippen molar-refractivity contribution in [3.05, 3.63) is 70.1 Å². The highest BCUT2D eigenvalue weighted by molar-refractivity contribution is 7.16. The molecule has 1 aliphatic carbocycles. The highest BCUT2D eigenvalue weighted by atomic mass is 32.1. The second-order valence-corrected chi connectivity index (χ2v) is 11.0. The first kappa shape index (κ1) is 25.0. The van der Waals surface area contributed by atoms with Gasteiger partial charge >= 0.3 is 0 Å². The number of carbonyl (C=O) groups excluding carboxylic acids is 1. The zero-order valence-corrected chi connectivity index (χ0v) is 22.0. The molecule has 1 amide bonds. The quantitative estimate of drug-likeness (QED) is 0.353. The summed E-state index contributed by atoms with van der Waals surface area (Å²) >= 11 is 1.65. The number of nitrogens with one attached hydrogen (secondary N) is 1. The van der Waals surface area contributed by atoms with Crippen LogP contribution in [0.3, 0.4) is 0 Å². The lowest BCUT2D eigenvalue weighted by atomic mass is 9.72. The summed E-state index contributed by atoms with van der Waals surface area (Å²) in [6.45, 7) is 9.47. The van der Waals surface area contributed by atoms with Gasteiger partial charge in [-0.1, -0.05) is 20.8 Å². The van der Waals surface area contributed by atoms with Crippen molar-refractivity contribution in [3.63, 3.8) is 0 Å². The number of fused-ring (bicyclic) bond motifs is 1. The van der Waals surface area contributed by atoms with E-state index in [9.17, 15) is 4.79 Å². The lowest BCUT2D eigenvalue weighted by Gasteiger charge is -2.33. The fraction of sp³-hybridized carbons (Fsp3) is 0.379. The number of carbonyl (C=O) groups is 1. The van der Waals surface area contributed by atoms with Crippen molar-refractivity contribution < 1.29 is 14.3 Å². The first-order chi connectivity index (χ1) is 16.8. The van der Waals surface area contributed by atoms with Crippen LogP contribution in [0.15, 0.2) is 53.5 Å². The molecule has 1 aromatic heterocycles. The second-order valence-electron chi connectivity index (χ2n) is 9.93. The average molecular weight is 491 g/mol. The van der Waals surface area contributed by atoms with Gasteiger partial charge in [-0.05, 0) is 97.2 Å². The number of amides is 1. The number of anilines is 1. The Morgan fingerprint density at radius 1 is 1.11 bits per heavy atom. The SMILES string of the molecule is CCOc1ccc(NC(=O)c2c(/N=C/c3ccc(OC)cc3)sc3c2CCC(C(C)(C)C)C3)cc1. The normalized spacial score (nSPS) is 15.6. The maximum absolute atomic E-state index is 13.5. The van der Waals surface area contributed by atoms with Crippen molar-refractivity contribution in [1.82, 2.24) is 0 Å². The summed E-state index contributed by atoms with van der Waals surface area (Å²) in [5, 5.41) is 3.85. The van der Waals surface area contributed by atoms with E-state index in [1.807, 2.05) is 61.7 Å². The fourth-order valence-electron chi connectivity index (χ4n) is 4.45. The number of rotatable bonds is 7.